The zero-order chi connectivity index (χ0) is 16.7. The van der Waals surface area contributed by atoms with E-state index in [0.29, 0.717) is 24.2 Å². The molecule has 0 amide bonds. The van der Waals surface area contributed by atoms with Crippen molar-refractivity contribution in [2.45, 2.75) is 12.8 Å². The number of ketones is 2. The van der Waals surface area contributed by atoms with Gasteiger partial charge in [-0.1, -0.05) is 24.3 Å². The molecule has 0 spiro atoms. The molecule has 5 heteroatoms. The second-order valence-electron chi connectivity index (χ2n) is 5.12. The van der Waals surface area contributed by atoms with Gasteiger partial charge >= 0.3 is 0 Å². The maximum atomic E-state index is 13.0. The average Bonchev–Trinajstić information content (AvgIpc) is 2.54. The van der Waals surface area contributed by atoms with Crippen LogP contribution < -0.4 is 5.32 Å². The molecule has 0 unspecified atom stereocenters. The summed E-state index contributed by atoms with van der Waals surface area (Å²) in [5.74, 6) is -1.20. The van der Waals surface area contributed by atoms with Crippen LogP contribution in [-0.2, 0) is 0 Å². The first-order valence-electron chi connectivity index (χ1n) is 7.34. The van der Waals surface area contributed by atoms with E-state index in [4.69, 9.17) is 0 Å². The maximum absolute atomic E-state index is 13.0. The molecule has 0 aliphatic heterocycles. The number of hydrogen-bond donors (Lipinski definition) is 1. The molecule has 2 aromatic carbocycles. The van der Waals surface area contributed by atoms with Crippen molar-refractivity contribution in [2.75, 3.05) is 13.1 Å². The highest BCUT2D eigenvalue weighted by molar-refractivity contribution is 5.96. The van der Waals surface area contributed by atoms with Crippen LogP contribution in [0.1, 0.15) is 33.6 Å². The van der Waals surface area contributed by atoms with Gasteiger partial charge in [0.1, 0.15) is 11.6 Å². The number of rotatable bonds is 8. The summed E-state index contributed by atoms with van der Waals surface area (Å²) in [5.41, 5.74) is 0.672. The monoisotopic (exact) mass is 317 g/mol. The van der Waals surface area contributed by atoms with E-state index in [9.17, 15) is 18.4 Å². The SMILES string of the molecule is O=C(CCNCCC(=O)c1cccc(F)c1)c1cccc(F)c1. The normalized spacial score (nSPS) is 10.5. The molecule has 0 heterocycles. The van der Waals surface area contributed by atoms with E-state index in [-0.39, 0.29) is 24.4 Å². The summed E-state index contributed by atoms with van der Waals surface area (Å²) in [5, 5.41) is 2.99. The van der Waals surface area contributed by atoms with Gasteiger partial charge in [-0.15, -0.1) is 0 Å². The van der Waals surface area contributed by atoms with Gasteiger partial charge in [0.05, 0.1) is 0 Å². The minimum absolute atomic E-state index is 0.159. The number of halogens is 2. The van der Waals surface area contributed by atoms with Crippen LogP contribution in [-0.4, -0.2) is 24.7 Å². The summed E-state index contributed by atoms with van der Waals surface area (Å²) in [6, 6.07) is 11.1. The Bertz CT molecular complexity index is 641. The first-order chi connectivity index (χ1) is 11.1. The molecule has 0 atom stereocenters. The fourth-order valence-corrected chi connectivity index (χ4v) is 2.14. The van der Waals surface area contributed by atoms with Crippen molar-refractivity contribution in [3.63, 3.8) is 0 Å². The number of carbonyl (C=O) groups excluding carboxylic acids is 2. The second-order valence-corrected chi connectivity index (χ2v) is 5.12. The van der Waals surface area contributed by atoms with Crippen LogP contribution in [0.15, 0.2) is 48.5 Å². The minimum atomic E-state index is -0.440. The van der Waals surface area contributed by atoms with Crippen molar-refractivity contribution >= 4 is 11.6 Å². The fourth-order valence-electron chi connectivity index (χ4n) is 2.14. The lowest BCUT2D eigenvalue weighted by Crippen LogP contribution is -2.21. The summed E-state index contributed by atoms with van der Waals surface area (Å²) in [4.78, 5) is 23.7. The summed E-state index contributed by atoms with van der Waals surface area (Å²) >= 11 is 0. The Labute approximate surface area is 133 Å². The predicted octanol–water partition coefficient (Wildman–Crippen LogP) is 3.40. The van der Waals surface area contributed by atoms with Crippen LogP contribution in [0.5, 0.6) is 0 Å². The zero-order valence-electron chi connectivity index (χ0n) is 12.5. The van der Waals surface area contributed by atoms with Gasteiger partial charge < -0.3 is 5.32 Å². The van der Waals surface area contributed by atoms with Crippen molar-refractivity contribution in [1.82, 2.24) is 5.32 Å². The highest BCUT2D eigenvalue weighted by atomic mass is 19.1. The molecule has 120 valence electrons. The van der Waals surface area contributed by atoms with Crippen LogP contribution in [0, 0.1) is 11.6 Å². The van der Waals surface area contributed by atoms with Gasteiger partial charge in [0.2, 0.25) is 0 Å². The van der Waals surface area contributed by atoms with Gasteiger partial charge in [-0.2, -0.15) is 0 Å². The lowest BCUT2D eigenvalue weighted by Gasteiger charge is -2.05. The Morgan fingerprint density at radius 3 is 1.61 bits per heavy atom. The summed E-state index contributed by atoms with van der Waals surface area (Å²) in [6.45, 7) is 0.789. The zero-order valence-corrected chi connectivity index (χ0v) is 12.5. The largest absolute Gasteiger partial charge is 0.316 e. The number of nitrogens with one attached hydrogen (secondary N) is 1. The van der Waals surface area contributed by atoms with E-state index in [1.165, 1.54) is 36.4 Å². The van der Waals surface area contributed by atoms with Crippen molar-refractivity contribution in [1.29, 1.82) is 0 Å². The van der Waals surface area contributed by atoms with Crippen molar-refractivity contribution in [3.8, 4) is 0 Å². The van der Waals surface area contributed by atoms with Gasteiger partial charge in [0, 0.05) is 37.1 Å². The van der Waals surface area contributed by atoms with E-state index in [1.54, 1.807) is 12.1 Å². The van der Waals surface area contributed by atoms with Gasteiger partial charge in [-0.05, 0) is 24.3 Å². The van der Waals surface area contributed by atoms with Gasteiger partial charge in [-0.25, -0.2) is 8.78 Å². The first-order valence-corrected chi connectivity index (χ1v) is 7.34. The molecule has 0 saturated heterocycles. The smallest absolute Gasteiger partial charge is 0.164 e. The molecule has 0 fully saturated rings. The second kappa shape index (κ2) is 8.29. The highest BCUT2D eigenvalue weighted by Crippen LogP contribution is 2.07. The van der Waals surface area contributed by atoms with Crippen LogP contribution in [0.4, 0.5) is 8.78 Å². The number of Topliss-reactive ketones (excluding diaryl/α,β-unsaturated/α-hetero) is 2. The molecular formula is C18H17F2NO2. The van der Waals surface area contributed by atoms with E-state index in [2.05, 4.69) is 5.32 Å². The molecular weight excluding hydrogens is 300 g/mol. The van der Waals surface area contributed by atoms with Crippen LogP contribution >= 0.6 is 0 Å². The van der Waals surface area contributed by atoms with E-state index >= 15 is 0 Å². The molecule has 3 nitrogen and oxygen atoms in total. The molecule has 1 N–H and O–H groups in total. The lowest BCUT2D eigenvalue weighted by molar-refractivity contribution is 0.0982. The van der Waals surface area contributed by atoms with E-state index in [0.717, 1.165) is 0 Å². The van der Waals surface area contributed by atoms with E-state index in [1.807, 2.05) is 0 Å². The lowest BCUT2D eigenvalue weighted by atomic mass is 10.1. The average molecular weight is 317 g/mol. The maximum Gasteiger partial charge on any atom is 0.164 e. The Balaban J connectivity index is 1.69. The minimum Gasteiger partial charge on any atom is -0.316 e. The van der Waals surface area contributed by atoms with Crippen molar-refractivity contribution < 1.29 is 18.4 Å². The van der Waals surface area contributed by atoms with Crippen molar-refractivity contribution in [3.05, 3.63) is 71.3 Å². The predicted molar refractivity (Wildman–Crippen MR) is 83.6 cm³/mol. The van der Waals surface area contributed by atoms with Gasteiger partial charge in [0.25, 0.3) is 0 Å². The summed E-state index contributed by atoms with van der Waals surface area (Å²) in [7, 11) is 0. The Morgan fingerprint density at radius 1 is 0.783 bits per heavy atom. The first kappa shape index (κ1) is 17.0. The Kier molecular flexibility index (Phi) is 6.11. The highest BCUT2D eigenvalue weighted by Gasteiger charge is 2.08. The Morgan fingerprint density at radius 2 is 1.22 bits per heavy atom. The molecule has 0 aromatic heterocycles. The molecule has 0 aliphatic rings. The van der Waals surface area contributed by atoms with Crippen LogP contribution in [0.3, 0.4) is 0 Å². The summed E-state index contributed by atoms with van der Waals surface area (Å²) < 4.78 is 26.0. The fraction of sp³-hybridized carbons (Fsp3) is 0.222. The standard InChI is InChI=1S/C18H17F2NO2/c19-15-5-1-3-13(11-15)17(22)7-9-21-10-8-18(23)14-4-2-6-16(20)12-14/h1-6,11-12,21H,7-10H2. The molecule has 23 heavy (non-hydrogen) atoms. The molecule has 0 bridgehead atoms. The van der Waals surface area contributed by atoms with Crippen LogP contribution in [0.25, 0.3) is 0 Å². The third-order valence-electron chi connectivity index (χ3n) is 3.35. The summed E-state index contributed by atoms with van der Waals surface area (Å²) in [6.07, 6.45) is 0.440. The Hall–Kier alpha value is -2.40. The topological polar surface area (TPSA) is 46.2 Å². The molecule has 0 radical (unpaired) electrons. The molecule has 0 aliphatic carbocycles. The van der Waals surface area contributed by atoms with Crippen LogP contribution in [0.2, 0.25) is 0 Å². The third kappa shape index (κ3) is 5.38. The van der Waals surface area contributed by atoms with E-state index < -0.39 is 11.6 Å². The van der Waals surface area contributed by atoms with Gasteiger partial charge in [-0.3, -0.25) is 9.59 Å². The molecule has 2 rings (SSSR count). The third-order valence-corrected chi connectivity index (χ3v) is 3.35. The number of carbonyl (C=O) groups is 2. The molecule has 2 aromatic rings. The van der Waals surface area contributed by atoms with Crippen molar-refractivity contribution in [2.24, 2.45) is 0 Å². The quantitative estimate of drug-likeness (QED) is 0.599. The molecule has 0 saturated carbocycles. The number of benzene rings is 2. The number of hydrogen-bond acceptors (Lipinski definition) is 3. The van der Waals surface area contributed by atoms with Gasteiger partial charge in [0.15, 0.2) is 11.6 Å².